The monoisotopic (exact) mass is 257 g/mol. The third-order valence-corrected chi connectivity index (χ3v) is 3.50. The summed E-state index contributed by atoms with van der Waals surface area (Å²) < 4.78 is 2.07. The highest BCUT2D eigenvalue weighted by molar-refractivity contribution is 5.50. The van der Waals surface area contributed by atoms with E-state index in [1.165, 1.54) is 28.1 Å². The average molecular weight is 257 g/mol. The van der Waals surface area contributed by atoms with E-state index < -0.39 is 0 Å². The molecule has 1 aromatic heterocycles. The minimum absolute atomic E-state index is 0.404. The van der Waals surface area contributed by atoms with Gasteiger partial charge >= 0.3 is 0 Å². The maximum absolute atomic E-state index is 5.83. The molecule has 3 heteroatoms. The standard InChI is InChI=1S/C16H23N3/c1-10(2)15-14(8-17)9-18-19(15)16-12(4)6-11(3)7-13(16)5/h6-7,9-10H,8,17H2,1-5H3. The molecule has 0 spiro atoms. The van der Waals surface area contributed by atoms with Crippen molar-refractivity contribution in [3.8, 4) is 5.69 Å². The van der Waals surface area contributed by atoms with Gasteiger partial charge in [-0.05, 0) is 37.8 Å². The molecule has 0 aliphatic rings. The fourth-order valence-corrected chi connectivity index (χ4v) is 2.85. The first-order valence-corrected chi connectivity index (χ1v) is 6.80. The summed E-state index contributed by atoms with van der Waals surface area (Å²) in [5, 5.41) is 4.57. The van der Waals surface area contributed by atoms with Crippen molar-refractivity contribution in [3.63, 3.8) is 0 Å². The number of aromatic nitrogens is 2. The molecular weight excluding hydrogens is 234 g/mol. The van der Waals surface area contributed by atoms with Crippen molar-refractivity contribution < 1.29 is 0 Å². The van der Waals surface area contributed by atoms with Gasteiger partial charge in [0.2, 0.25) is 0 Å². The molecule has 102 valence electrons. The van der Waals surface area contributed by atoms with Gasteiger partial charge < -0.3 is 5.73 Å². The maximum atomic E-state index is 5.83. The second-order valence-electron chi connectivity index (χ2n) is 5.57. The largest absolute Gasteiger partial charge is 0.326 e. The summed E-state index contributed by atoms with van der Waals surface area (Å²) in [5.74, 6) is 0.404. The van der Waals surface area contributed by atoms with E-state index in [1.54, 1.807) is 0 Å². The van der Waals surface area contributed by atoms with Crippen LogP contribution in [-0.2, 0) is 6.54 Å². The van der Waals surface area contributed by atoms with Crippen molar-refractivity contribution in [1.29, 1.82) is 0 Å². The average Bonchev–Trinajstić information content (AvgIpc) is 2.71. The highest BCUT2D eigenvalue weighted by Gasteiger charge is 2.17. The Labute approximate surface area is 115 Å². The van der Waals surface area contributed by atoms with Crippen molar-refractivity contribution in [2.45, 2.75) is 47.1 Å². The molecule has 2 aromatic rings. The van der Waals surface area contributed by atoms with E-state index in [4.69, 9.17) is 5.73 Å². The molecule has 0 saturated carbocycles. The van der Waals surface area contributed by atoms with E-state index in [2.05, 4.69) is 56.5 Å². The van der Waals surface area contributed by atoms with Crippen molar-refractivity contribution in [1.82, 2.24) is 9.78 Å². The lowest BCUT2D eigenvalue weighted by Gasteiger charge is -2.17. The van der Waals surface area contributed by atoms with Crippen molar-refractivity contribution >= 4 is 0 Å². The number of rotatable bonds is 3. The Bertz CT molecular complexity index is 571. The maximum Gasteiger partial charge on any atom is 0.0707 e. The van der Waals surface area contributed by atoms with Crippen LogP contribution in [0, 0.1) is 20.8 Å². The molecule has 0 fully saturated rings. The van der Waals surface area contributed by atoms with Gasteiger partial charge in [0.25, 0.3) is 0 Å². The molecule has 2 rings (SSSR count). The molecule has 0 bridgehead atoms. The van der Waals surface area contributed by atoms with Gasteiger partial charge in [0, 0.05) is 12.1 Å². The van der Waals surface area contributed by atoms with Crippen LogP contribution in [0.4, 0.5) is 0 Å². The third kappa shape index (κ3) is 2.43. The normalized spacial score (nSPS) is 11.3. The number of nitrogens with zero attached hydrogens (tertiary/aromatic N) is 2. The van der Waals surface area contributed by atoms with Crippen LogP contribution in [0.2, 0.25) is 0 Å². The van der Waals surface area contributed by atoms with Gasteiger partial charge in [0.1, 0.15) is 0 Å². The molecule has 1 aromatic carbocycles. The molecular formula is C16H23N3. The summed E-state index contributed by atoms with van der Waals surface area (Å²) in [6.45, 7) is 11.3. The van der Waals surface area contributed by atoms with E-state index in [1.807, 2.05) is 6.20 Å². The summed E-state index contributed by atoms with van der Waals surface area (Å²) in [7, 11) is 0. The van der Waals surface area contributed by atoms with Crippen LogP contribution >= 0.6 is 0 Å². The van der Waals surface area contributed by atoms with Gasteiger partial charge in [0.15, 0.2) is 0 Å². The number of hydrogen-bond acceptors (Lipinski definition) is 2. The van der Waals surface area contributed by atoms with E-state index in [0.29, 0.717) is 12.5 Å². The Kier molecular flexibility index (Phi) is 3.76. The fourth-order valence-electron chi connectivity index (χ4n) is 2.85. The Morgan fingerprint density at radius 3 is 2.21 bits per heavy atom. The number of nitrogens with two attached hydrogens (primary N) is 1. The molecule has 0 saturated heterocycles. The van der Waals surface area contributed by atoms with Gasteiger partial charge in [-0.15, -0.1) is 0 Å². The minimum atomic E-state index is 0.404. The lowest BCUT2D eigenvalue weighted by molar-refractivity contribution is 0.720. The molecule has 0 aliphatic carbocycles. The van der Waals surface area contributed by atoms with Crippen molar-refractivity contribution in [2.75, 3.05) is 0 Å². The van der Waals surface area contributed by atoms with Crippen LogP contribution < -0.4 is 5.73 Å². The number of hydrogen-bond donors (Lipinski definition) is 1. The molecule has 0 atom stereocenters. The van der Waals surface area contributed by atoms with E-state index in [0.717, 1.165) is 5.56 Å². The molecule has 19 heavy (non-hydrogen) atoms. The van der Waals surface area contributed by atoms with Crippen LogP contribution in [-0.4, -0.2) is 9.78 Å². The van der Waals surface area contributed by atoms with E-state index in [9.17, 15) is 0 Å². The molecule has 0 radical (unpaired) electrons. The van der Waals surface area contributed by atoms with Crippen LogP contribution in [0.3, 0.4) is 0 Å². The van der Waals surface area contributed by atoms with Gasteiger partial charge in [-0.3, -0.25) is 0 Å². The first kappa shape index (κ1) is 13.8. The summed E-state index contributed by atoms with van der Waals surface area (Å²) in [6, 6.07) is 4.41. The Hall–Kier alpha value is -1.61. The fraction of sp³-hybridized carbons (Fsp3) is 0.438. The lowest BCUT2D eigenvalue weighted by Crippen LogP contribution is -2.10. The number of benzene rings is 1. The predicted molar refractivity (Wildman–Crippen MR) is 79.8 cm³/mol. The zero-order valence-electron chi connectivity index (χ0n) is 12.5. The zero-order valence-corrected chi connectivity index (χ0v) is 12.5. The molecule has 2 N–H and O–H groups in total. The van der Waals surface area contributed by atoms with Crippen LogP contribution in [0.25, 0.3) is 5.69 Å². The molecule has 0 aliphatic heterocycles. The molecule has 0 amide bonds. The van der Waals surface area contributed by atoms with Gasteiger partial charge in [0.05, 0.1) is 17.6 Å². The summed E-state index contributed by atoms with van der Waals surface area (Å²) >= 11 is 0. The quantitative estimate of drug-likeness (QED) is 0.916. The topological polar surface area (TPSA) is 43.8 Å². The SMILES string of the molecule is Cc1cc(C)c(-n2ncc(CN)c2C(C)C)c(C)c1. The third-order valence-electron chi connectivity index (χ3n) is 3.50. The second-order valence-corrected chi connectivity index (χ2v) is 5.57. The molecule has 3 nitrogen and oxygen atoms in total. The van der Waals surface area contributed by atoms with Crippen molar-refractivity contribution in [3.05, 3.63) is 46.3 Å². The molecule has 0 unspecified atom stereocenters. The Morgan fingerprint density at radius 1 is 1.16 bits per heavy atom. The smallest absolute Gasteiger partial charge is 0.0707 e. The zero-order chi connectivity index (χ0) is 14.2. The summed E-state index contributed by atoms with van der Waals surface area (Å²) in [4.78, 5) is 0. The van der Waals surface area contributed by atoms with E-state index >= 15 is 0 Å². The van der Waals surface area contributed by atoms with Gasteiger partial charge in [-0.2, -0.15) is 5.10 Å². The van der Waals surface area contributed by atoms with E-state index in [-0.39, 0.29) is 0 Å². The first-order valence-electron chi connectivity index (χ1n) is 6.80. The lowest BCUT2D eigenvalue weighted by atomic mass is 10.0. The second kappa shape index (κ2) is 5.17. The van der Waals surface area contributed by atoms with Gasteiger partial charge in [-0.25, -0.2) is 4.68 Å². The Morgan fingerprint density at radius 2 is 1.74 bits per heavy atom. The number of aryl methyl sites for hydroxylation is 3. The highest BCUT2D eigenvalue weighted by atomic mass is 15.3. The highest BCUT2D eigenvalue weighted by Crippen LogP contribution is 2.27. The minimum Gasteiger partial charge on any atom is -0.326 e. The molecule has 1 heterocycles. The summed E-state index contributed by atoms with van der Waals surface area (Å²) in [5.41, 5.74) is 13.2. The predicted octanol–water partition coefficient (Wildman–Crippen LogP) is 3.38. The van der Waals surface area contributed by atoms with Gasteiger partial charge in [-0.1, -0.05) is 31.5 Å². The van der Waals surface area contributed by atoms with Crippen molar-refractivity contribution in [2.24, 2.45) is 5.73 Å². The van der Waals surface area contributed by atoms with Crippen LogP contribution in [0.5, 0.6) is 0 Å². The van der Waals surface area contributed by atoms with Crippen LogP contribution in [0.1, 0.15) is 47.7 Å². The Balaban J connectivity index is 2.69. The summed E-state index contributed by atoms with van der Waals surface area (Å²) in [6.07, 6.45) is 1.90. The van der Waals surface area contributed by atoms with Crippen LogP contribution in [0.15, 0.2) is 18.3 Å². The first-order chi connectivity index (χ1) is 8.95.